The zero-order valence-corrected chi connectivity index (χ0v) is 18.7. The Morgan fingerprint density at radius 3 is 2.59 bits per heavy atom. The van der Waals surface area contributed by atoms with Gasteiger partial charge in [0.2, 0.25) is 11.8 Å². The molecule has 1 aromatic heterocycles. The molecule has 5 rings (SSSR count). The molecule has 2 aliphatic rings. The van der Waals surface area contributed by atoms with Gasteiger partial charge in [0.1, 0.15) is 6.04 Å². The van der Waals surface area contributed by atoms with E-state index in [-0.39, 0.29) is 24.4 Å². The maximum absolute atomic E-state index is 13.5. The van der Waals surface area contributed by atoms with Crippen LogP contribution in [0, 0.1) is 0 Å². The highest BCUT2D eigenvalue weighted by Gasteiger charge is 2.47. The number of para-hydroxylation sites is 1. The van der Waals surface area contributed by atoms with Crippen molar-refractivity contribution in [3.63, 3.8) is 0 Å². The predicted octanol–water partition coefficient (Wildman–Crippen LogP) is 4.63. The van der Waals surface area contributed by atoms with Crippen molar-refractivity contribution in [2.24, 2.45) is 0 Å². The monoisotopic (exact) mass is 429 g/mol. The van der Waals surface area contributed by atoms with Crippen molar-refractivity contribution in [1.82, 2.24) is 14.8 Å². The Morgan fingerprint density at radius 1 is 1.00 bits per heavy atom. The van der Waals surface area contributed by atoms with Crippen molar-refractivity contribution in [2.45, 2.75) is 57.5 Å². The van der Waals surface area contributed by atoms with Crippen LogP contribution in [-0.4, -0.2) is 45.7 Å². The minimum atomic E-state index is -0.398. The number of carbonyl (C=O) groups is 2. The topological polar surface area (TPSA) is 56.4 Å². The second-order valence-corrected chi connectivity index (χ2v) is 9.09. The van der Waals surface area contributed by atoms with E-state index in [0.717, 1.165) is 43.3 Å². The van der Waals surface area contributed by atoms with Crippen molar-refractivity contribution < 1.29 is 9.59 Å². The van der Waals surface area contributed by atoms with E-state index in [0.29, 0.717) is 13.0 Å². The number of hydrogen-bond donors (Lipinski definition) is 1. The zero-order valence-electron chi connectivity index (χ0n) is 18.7. The number of piperazine rings is 1. The van der Waals surface area contributed by atoms with Crippen LogP contribution in [0.25, 0.3) is 10.9 Å². The van der Waals surface area contributed by atoms with Crippen LogP contribution in [0.2, 0.25) is 0 Å². The molecule has 3 heterocycles. The zero-order chi connectivity index (χ0) is 22.1. The molecule has 2 atom stereocenters. The number of hydrogen-bond acceptors (Lipinski definition) is 2. The van der Waals surface area contributed by atoms with Crippen molar-refractivity contribution in [3.8, 4) is 0 Å². The first kappa shape index (κ1) is 20.8. The normalized spacial score (nSPS) is 20.5. The van der Waals surface area contributed by atoms with E-state index >= 15 is 0 Å². The number of H-pyrrole nitrogens is 1. The average molecular weight is 430 g/mol. The quantitative estimate of drug-likeness (QED) is 0.557. The molecular formula is C27H31N3O2. The first-order valence-electron chi connectivity index (χ1n) is 11.9. The van der Waals surface area contributed by atoms with E-state index in [1.54, 1.807) is 4.90 Å². The molecule has 32 heavy (non-hydrogen) atoms. The highest BCUT2D eigenvalue weighted by molar-refractivity contribution is 5.97. The number of aromatic amines is 1. The molecule has 0 bridgehead atoms. The number of amides is 2. The van der Waals surface area contributed by atoms with Gasteiger partial charge in [-0.1, -0.05) is 68.3 Å². The Labute approximate surface area is 189 Å². The first-order chi connectivity index (χ1) is 15.7. The van der Waals surface area contributed by atoms with Crippen molar-refractivity contribution in [3.05, 3.63) is 71.4 Å². The van der Waals surface area contributed by atoms with Crippen LogP contribution in [0.4, 0.5) is 0 Å². The number of fused-ring (bicyclic) bond motifs is 4. The molecule has 1 unspecified atom stereocenters. The maximum atomic E-state index is 13.5. The van der Waals surface area contributed by atoms with E-state index in [1.807, 2.05) is 23.1 Å². The van der Waals surface area contributed by atoms with Gasteiger partial charge in [0.25, 0.3) is 0 Å². The van der Waals surface area contributed by atoms with E-state index in [2.05, 4.69) is 48.3 Å². The van der Waals surface area contributed by atoms with Gasteiger partial charge in [-0.15, -0.1) is 0 Å². The van der Waals surface area contributed by atoms with Crippen LogP contribution in [-0.2, 0) is 22.4 Å². The number of nitrogens with one attached hydrogen (secondary N) is 1. The summed E-state index contributed by atoms with van der Waals surface area (Å²) in [5.41, 5.74) is 4.65. The van der Waals surface area contributed by atoms with E-state index in [4.69, 9.17) is 0 Å². The smallest absolute Gasteiger partial charge is 0.246 e. The highest BCUT2D eigenvalue weighted by Crippen LogP contribution is 2.41. The molecule has 1 N–H and O–H groups in total. The number of rotatable bonds is 7. The molecule has 1 fully saturated rings. The number of unbranched alkanes of at least 4 members (excludes halogenated alkanes) is 2. The Hall–Kier alpha value is -3.08. The molecular weight excluding hydrogens is 398 g/mol. The standard InChI is InChI=1S/C27H31N3O2/c1-2-3-9-16-29-18-25(31)30-23(15-14-19-10-5-4-6-11-19)26-21(17-24(30)27(29)32)20-12-7-8-13-22(20)28-26/h4-8,10-13,23-24,28H,2-3,9,14-18H2,1H3/t23?,24-/m1/s1. The van der Waals surface area contributed by atoms with Gasteiger partial charge < -0.3 is 14.8 Å². The average Bonchev–Trinajstić information content (AvgIpc) is 3.19. The maximum Gasteiger partial charge on any atom is 0.246 e. The fraction of sp³-hybridized carbons (Fsp3) is 0.407. The third-order valence-electron chi connectivity index (χ3n) is 7.04. The van der Waals surface area contributed by atoms with Crippen LogP contribution in [0.1, 0.15) is 55.5 Å². The minimum absolute atomic E-state index is 0.0773. The van der Waals surface area contributed by atoms with Crippen LogP contribution in [0.5, 0.6) is 0 Å². The molecule has 166 valence electrons. The summed E-state index contributed by atoms with van der Waals surface area (Å²) in [4.78, 5) is 34.2. The van der Waals surface area contributed by atoms with E-state index in [1.165, 1.54) is 16.5 Å². The number of benzene rings is 2. The van der Waals surface area contributed by atoms with Gasteiger partial charge in [-0.3, -0.25) is 9.59 Å². The summed E-state index contributed by atoms with van der Waals surface area (Å²) in [6, 6.07) is 18.2. The lowest BCUT2D eigenvalue weighted by Gasteiger charge is -2.47. The van der Waals surface area contributed by atoms with Gasteiger partial charge >= 0.3 is 0 Å². The van der Waals surface area contributed by atoms with Gasteiger partial charge in [-0.05, 0) is 36.5 Å². The summed E-state index contributed by atoms with van der Waals surface area (Å²) in [6.45, 7) is 3.04. The van der Waals surface area contributed by atoms with Crippen molar-refractivity contribution in [2.75, 3.05) is 13.1 Å². The van der Waals surface area contributed by atoms with Gasteiger partial charge in [-0.2, -0.15) is 0 Å². The third-order valence-corrected chi connectivity index (χ3v) is 7.04. The van der Waals surface area contributed by atoms with Gasteiger partial charge in [0.15, 0.2) is 0 Å². The Morgan fingerprint density at radius 2 is 1.78 bits per heavy atom. The van der Waals surface area contributed by atoms with Crippen LogP contribution < -0.4 is 0 Å². The molecule has 2 amide bonds. The second kappa shape index (κ2) is 8.81. The first-order valence-corrected chi connectivity index (χ1v) is 11.9. The molecule has 1 saturated heterocycles. The van der Waals surface area contributed by atoms with Crippen LogP contribution in [0.15, 0.2) is 54.6 Å². The minimum Gasteiger partial charge on any atom is -0.356 e. The number of aromatic nitrogens is 1. The van der Waals surface area contributed by atoms with E-state index in [9.17, 15) is 9.59 Å². The Kier molecular flexibility index (Phi) is 5.73. The largest absolute Gasteiger partial charge is 0.356 e. The summed E-state index contributed by atoms with van der Waals surface area (Å²) in [7, 11) is 0. The van der Waals surface area contributed by atoms with Crippen LogP contribution in [0.3, 0.4) is 0 Å². The molecule has 0 aliphatic carbocycles. The summed E-state index contributed by atoms with van der Waals surface area (Å²) in [5.74, 6) is 0.190. The second-order valence-electron chi connectivity index (χ2n) is 9.09. The van der Waals surface area contributed by atoms with Crippen molar-refractivity contribution in [1.29, 1.82) is 0 Å². The lowest BCUT2D eigenvalue weighted by molar-refractivity contribution is -0.159. The molecule has 0 radical (unpaired) electrons. The molecule has 2 aliphatic heterocycles. The fourth-order valence-electron chi connectivity index (χ4n) is 5.43. The van der Waals surface area contributed by atoms with Gasteiger partial charge in [0.05, 0.1) is 12.6 Å². The third kappa shape index (κ3) is 3.70. The summed E-state index contributed by atoms with van der Waals surface area (Å²) >= 11 is 0. The summed E-state index contributed by atoms with van der Waals surface area (Å²) < 4.78 is 0. The SMILES string of the molecule is CCCCCN1CC(=O)N2C(CCc3ccccc3)c3[nH]c4ccccc4c3C[C@@H]2C1=O. The van der Waals surface area contributed by atoms with Crippen LogP contribution >= 0.6 is 0 Å². The molecule has 0 spiro atoms. The molecule has 2 aromatic carbocycles. The lowest BCUT2D eigenvalue weighted by atomic mass is 9.86. The number of carbonyl (C=O) groups excluding carboxylic acids is 2. The van der Waals surface area contributed by atoms with Crippen molar-refractivity contribution >= 4 is 22.7 Å². The predicted molar refractivity (Wildman–Crippen MR) is 126 cm³/mol. The fourth-order valence-corrected chi connectivity index (χ4v) is 5.43. The van der Waals surface area contributed by atoms with E-state index < -0.39 is 6.04 Å². The molecule has 5 heteroatoms. The van der Waals surface area contributed by atoms with Gasteiger partial charge in [0, 0.05) is 29.6 Å². The summed E-state index contributed by atoms with van der Waals surface area (Å²) in [6.07, 6.45) is 5.40. The molecule has 3 aromatic rings. The molecule has 5 nitrogen and oxygen atoms in total. The number of aryl methyl sites for hydroxylation is 1. The molecule has 0 saturated carbocycles. The Bertz CT molecular complexity index is 1120. The number of nitrogens with zero attached hydrogens (tertiary/aromatic N) is 2. The Balaban J connectivity index is 1.50. The van der Waals surface area contributed by atoms with Gasteiger partial charge in [-0.25, -0.2) is 0 Å². The lowest BCUT2D eigenvalue weighted by Crippen LogP contribution is -2.63. The highest BCUT2D eigenvalue weighted by atomic mass is 16.2. The summed E-state index contributed by atoms with van der Waals surface area (Å²) in [5, 5.41) is 1.18.